The minimum Gasteiger partial charge on any atom is -0.497 e. The number of esters is 1. The summed E-state index contributed by atoms with van der Waals surface area (Å²) in [4.78, 5) is 31.3. The van der Waals surface area contributed by atoms with Gasteiger partial charge in [-0.1, -0.05) is 0 Å². The molecule has 0 bridgehead atoms. The second-order valence-electron chi connectivity index (χ2n) is 9.16. The van der Waals surface area contributed by atoms with Gasteiger partial charge in [0.15, 0.2) is 17.1 Å². The number of fused-ring (bicyclic) bond motifs is 3. The summed E-state index contributed by atoms with van der Waals surface area (Å²) in [6.07, 6.45) is -0.384. The van der Waals surface area contributed by atoms with Gasteiger partial charge in [-0.05, 0) is 45.9 Å². The molecule has 1 amide bonds. The highest BCUT2D eigenvalue weighted by Gasteiger charge is 2.54. The van der Waals surface area contributed by atoms with E-state index in [0.717, 1.165) is 10.9 Å². The van der Waals surface area contributed by atoms with Gasteiger partial charge in [0, 0.05) is 11.8 Å². The SMILES string of the molecule is COC(=O)[C@@H]1C[C@]2(COc3c(c(C)nc4ccc(OC)cc34)O2)CN1C(=O)OC(C)(C)C. The van der Waals surface area contributed by atoms with Crippen molar-refractivity contribution < 1.29 is 33.3 Å². The fraction of sp³-hybridized carbons (Fsp3) is 0.522. The summed E-state index contributed by atoms with van der Waals surface area (Å²) < 4.78 is 28.4. The fourth-order valence-electron chi connectivity index (χ4n) is 4.14. The van der Waals surface area contributed by atoms with Crippen LogP contribution in [0.4, 0.5) is 4.79 Å². The van der Waals surface area contributed by atoms with Crippen molar-refractivity contribution in [3.05, 3.63) is 23.9 Å². The number of hydrogen-bond donors (Lipinski definition) is 0. The van der Waals surface area contributed by atoms with Crippen LogP contribution in [-0.4, -0.2) is 66.6 Å². The van der Waals surface area contributed by atoms with Crippen LogP contribution in [0.25, 0.3) is 10.9 Å². The van der Waals surface area contributed by atoms with Crippen molar-refractivity contribution in [2.45, 2.75) is 51.4 Å². The number of aromatic nitrogens is 1. The molecule has 1 aromatic carbocycles. The number of carbonyl (C=O) groups excluding carboxylic acids is 2. The number of nitrogens with zero attached hydrogens (tertiary/aromatic N) is 2. The van der Waals surface area contributed by atoms with Crippen LogP contribution < -0.4 is 14.2 Å². The Balaban J connectivity index is 1.70. The van der Waals surface area contributed by atoms with Gasteiger partial charge in [-0.3, -0.25) is 4.90 Å². The van der Waals surface area contributed by atoms with Gasteiger partial charge in [-0.2, -0.15) is 0 Å². The third kappa shape index (κ3) is 3.87. The first-order valence-electron chi connectivity index (χ1n) is 10.4. The lowest BCUT2D eigenvalue weighted by molar-refractivity contribution is -0.145. The Morgan fingerprint density at radius 1 is 1.22 bits per heavy atom. The second-order valence-corrected chi connectivity index (χ2v) is 9.16. The molecule has 0 saturated carbocycles. The highest BCUT2D eigenvalue weighted by molar-refractivity contribution is 5.90. The number of rotatable bonds is 2. The molecule has 0 aliphatic carbocycles. The molecule has 1 fully saturated rings. The van der Waals surface area contributed by atoms with Crippen molar-refractivity contribution in [3.8, 4) is 17.2 Å². The standard InChI is InChI=1S/C23H28N2O7/c1-13-18-19(15-9-14(28-5)7-8-16(15)24-13)30-12-23(31-18)10-17(20(26)29-6)25(11-23)21(27)32-22(2,3)4/h7-9,17H,10-12H2,1-6H3/t17-,23+/m0/s1. The van der Waals surface area contributed by atoms with Crippen molar-refractivity contribution in [3.63, 3.8) is 0 Å². The summed E-state index contributed by atoms with van der Waals surface area (Å²) in [6, 6.07) is 4.71. The molecular formula is C23H28N2O7. The first-order valence-corrected chi connectivity index (χ1v) is 10.4. The lowest BCUT2D eigenvalue weighted by atomic mass is 9.99. The minimum atomic E-state index is -0.929. The van der Waals surface area contributed by atoms with Gasteiger partial charge in [0.05, 0.1) is 32.0 Å². The third-order valence-electron chi connectivity index (χ3n) is 5.57. The van der Waals surface area contributed by atoms with E-state index < -0.39 is 29.3 Å². The molecule has 1 aromatic heterocycles. The van der Waals surface area contributed by atoms with E-state index in [1.165, 1.54) is 12.0 Å². The van der Waals surface area contributed by atoms with E-state index >= 15 is 0 Å². The normalized spacial score (nSPS) is 22.2. The molecule has 0 radical (unpaired) electrons. The van der Waals surface area contributed by atoms with Crippen LogP contribution in [0.5, 0.6) is 17.2 Å². The predicted octanol–water partition coefficient (Wildman–Crippen LogP) is 3.24. The molecule has 1 spiro atoms. The van der Waals surface area contributed by atoms with E-state index in [2.05, 4.69) is 4.98 Å². The summed E-state index contributed by atoms with van der Waals surface area (Å²) in [5.74, 6) is 1.21. The molecular weight excluding hydrogens is 416 g/mol. The molecule has 2 aliphatic rings. The van der Waals surface area contributed by atoms with Crippen LogP contribution in [0.3, 0.4) is 0 Å². The van der Waals surface area contributed by atoms with E-state index in [0.29, 0.717) is 22.9 Å². The number of carbonyl (C=O) groups is 2. The maximum Gasteiger partial charge on any atom is 0.411 e. The molecule has 9 heteroatoms. The molecule has 172 valence electrons. The van der Waals surface area contributed by atoms with E-state index in [9.17, 15) is 9.59 Å². The van der Waals surface area contributed by atoms with Gasteiger partial charge in [0.25, 0.3) is 0 Å². The van der Waals surface area contributed by atoms with E-state index in [-0.39, 0.29) is 19.6 Å². The van der Waals surface area contributed by atoms with Crippen molar-refractivity contribution in [2.24, 2.45) is 0 Å². The average molecular weight is 444 g/mol. The molecule has 0 unspecified atom stereocenters. The van der Waals surface area contributed by atoms with Crippen molar-refractivity contribution in [1.29, 1.82) is 0 Å². The van der Waals surface area contributed by atoms with Crippen LogP contribution in [0, 0.1) is 6.92 Å². The molecule has 9 nitrogen and oxygen atoms in total. The van der Waals surface area contributed by atoms with Crippen LogP contribution in [0.1, 0.15) is 32.9 Å². The Labute approximate surface area is 186 Å². The van der Waals surface area contributed by atoms with E-state index in [1.54, 1.807) is 27.9 Å². The van der Waals surface area contributed by atoms with Gasteiger partial charge in [0.2, 0.25) is 0 Å². The van der Waals surface area contributed by atoms with Gasteiger partial charge >= 0.3 is 12.1 Å². The monoisotopic (exact) mass is 444 g/mol. The summed E-state index contributed by atoms with van der Waals surface area (Å²) in [7, 11) is 2.89. The second kappa shape index (κ2) is 7.72. The Kier molecular flexibility index (Phi) is 5.30. The van der Waals surface area contributed by atoms with Gasteiger partial charge < -0.3 is 23.7 Å². The van der Waals surface area contributed by atoms with Crippen LogP contribution in [-0.2, 0) is 14.3 Å². The lowest BCUT2D eigenvalue weighted by Crippen LogP contribution is -2.49. The number of methoxy groups -OCH3 is 2. The zero-order chi connectivity index (χ0) is 23.3. The summed E-state index contributed by atoms with van der Waals surface area (Å²) in [6.45, 7) is 7.43. The molecule has 2 aliphatic heterocycles. The summed E-state index contributed by atoms with van der Waals surface area (Å²) >= 11 is 0. The molecule has 0 N–H and O–H groups in total. The maximum absolute atomic E-state index is 12.8. The highest BCUT2D eigenvalue weighted by Crippen LogP contribution is 2.46. The molecule has 3 heterocycles. The van der Waals surface area contributed by atoms with E-state index in [4.69, 9.17) is 23.7 Å². The topological polar surface area (TPSA) is 96.4 Å². The van der Waals surface area contributed by atoms with Crippen LogP contribution in [0.2, 0.25) is 0 Å². The first kappa shape index (κ1) is 22.0. The van der Waals surface area contributed by atoms with Gasteiger partial charge in [0.1, 0.15) is 24.0 Å². The number of hydrogen-bond acceptors (Lipinski definition) is 8. The third-order valence-corrected chi connectivity index (χ3v) is 5.57. The Hall–Kier alpha value is -3.23. The molecule has 4 rings (SSSR count). The number of benzene rings is 1. The molecule has 2 atom stereocenters. The first-order chi connectivity index (χ1) is 15.1. The zero-order valence-corrected chi connectivity index (χ0v) is 19.2. The highest BCUT2D eigenvalue weighted by atomic mass is 16.6. The maximum atomic E-state index is 12.8. The fourth-order valence-corrected chi connectivity index (χ4v) is 4.14. The predicted molar refractivity (Wildman–Crippen MR) is 115 cm³/mol. The number of aryl methyl sites for hydroxylation is 1. The summed E-state index contributed by atoms with van der Waals surface area (Å²) in [5, 5.41) is 0.770. The minimum absolute atomic E-state index is 0.122. The molecule has 2 aromatic rings. The Morgan fingerprint density at radius 3 is 2.62 bits per heavy atom. The quantitative estimate of drug-likeness (QED) is 0.652. The van der Waals surface area contributed by atoms with Crippen molar-refractivity contribution >= 4 is 23.0 Å². The van der Waals surface area contributed by atoms with Crippen molar-refractivity contribution in [1.82, 2.24) is 9.88 Å². The molecule has 1 saturated heterocycles. The number of likely N-dealkylation sites (tertiary alicyclic amines) is 1. The summed E-state index contributed by atoms with van der Waals surface area (Å²) in [5.41, 5.74) is -0.220. The van der Waals surface area contributed by atoms with E-state index in [1.807, 2.05) is 25.1 Å². The van der Waals surface area contributed by atoms with Crippen LogP contribution >= 0.6 is 0 Å². The number of ether oxygens (including phenoxy) is 5. The molecule has 32 heavy (non-hydrogen) atoms. The van der Waals surface area contributed by atoms with Crippen LogP contribution in [0.15, 0.2) is 18.2 Å². The largest absolute Gasteiger partial charge is 0.497 e. The lowest BCUT2D eigenvalue weighted by Gasteiger charge is -2.36. The Morgan fingerprint density at radius 2 is 1.97 bits per heavy atom. The van der Waals surface area contributed by atoms with Gasteiger partial charge in [-0.15, -0.1) is 0 Å². The smallest absolute Gasteiger partial charge is 0.411 e. The van der Waals surface area contributed by atoms with Gasteiger partial charge in [-0.25, -0.2) is 14.6 Å². The zero-order valence-electron chi connectivity index (χ0n) is 19.2. The average Bonchev–Trinajstić information content (AvgIpc) is 3.11. The number of amides is 1. The number of pyridine rings is 1. The van der Waals surface area contributed by atoms with Crippen molar-refractivity contribution in [2.75, 3.05) is 27.4 Å². The Bertz CT molecular complexity index is 1080.